The Morgan fingerprint density at radius 2 is 1.59 bits per heavy atom. The molecule has 1 aliphatic rings. The molecular weight excluding hydrogens is 449 g/mol. The number of hydrogen-bond acceptors (Lipinski definition) is 7. The third-order valence-corrected chi connectivity index (χ3v) is 6.92. The number of nitrogens with zero attached hydrogens (tertiary/aromatic N) is 6. The Balaban J connectivity index is 1.40. The third-order valence-electron chi connectivity index (χ3n) is 6.05. The normalized spacial score (nSPS) is 14.1. The molecule has 1 fully saturated rings. The Morgan fingerprint density at radius 1 is 0.824 bits per heavy atom. The van der Waals surface area contributed by atoms with Gasteiger partial charge < -0.3 is 15.5 Å². The summed E-state index contributed by atoms with van der Waals surface area (Å²) < 4.78 is 15.4. The Hall–Kier alpha value is -3.98. The topological polar surface area (TPSA) is 76.1 Å². The van der Waals surface area contributed by atoms with Crippen LogP contribution in [0.2, 0.25) is 0 Å². The SMILES string of the molecule is Nc1c2c(-c3cccs3)nc(N3CCN(c4ccccc4)CC3)nc2nn1-c1cccc(F)c1. The van der Waals surface area contributed by atoms with E-state index < -0.39 is 0 Å². The first-order valence-corrected chi connectivity index (χ1v) is 12.0. The summed E-state index contributed by atoms with van der Waals surface area (Å²) >= 11 is 1.59. The first-order valence-electron chi connectivity index (χ1n) is 11.1. The van der Waals surface area contributed by atoms with Crippen LogP contribution in [0.25, 0.3) is 27.3 Å². The third kappa shape index (κ3) is 3.63. The first kappa shape index (κ1) is 20.6. The maximum atomic E-state index is 13.9. The lowest BCUT2D eigenvalue weighted by Gasteiger charge is -2.36. The molecule has 1 aliphatic heterocycles. The summed E-state index contributed by atoms with van der Waals surface area (Å²) in [6.45, 7) is 3.34. The monoisotopic (exact) mass is 471 g/mol. The number of thiophene rings is 1. The van der Waals surface area contributed by atoms with Crippen LogP contribution >= 0.6 is 11.3 Å². The van der Waals surface area contributed by atoms with E-state index in [1.165, 1.54) is 22.5 Å². The summed E-state index contributed by atoms with van der Waals surface area (Å²) in [5, 5.41) is 7.34. The summed E-state index contributed by atoms with van der Waals surface area (Å²) in [7, 11) is 0. The lowest BCUT2D eigenvalue weighted by atomic mass is 10.2. The summed E-state index contributed by atoms with van der Waals surface area (Å²) in [4.78, 5) is 15.3. The Labute approximate surface area is 199 Å². The summed E-state index contributed by atoms with van der Waals surface area (Å²) in [5.41, 5.74) is 9.54. The van der Waals surface area contributed by atoms with E-state index in [1.54, 1.807) is 23.5 Å². The van der Waals surface area contributed by atoms with Gasteiger partial charge in [-0.2, -0.15) is 4.98 Å². The van der Waals surface area contributed by atoms with Gasteiger partial charge in [0.25, 0.3) is 0 Å². The van der Waals surface area contributed by atoms with E-state index in [4.69, 9.17) is 15.7 Å². The molecule has 3 aromatic heterocycles. The van der Waals surface area contributed by atoms with Gasteiger partial charge in [-0.3, -0.25) is 0 Å². The fraction of sp³-hybridized carbons (Fsp3) is 0.160. The number of benzene rings is 2. The van der Waals surface area contributed by atoms with Crippen molar-refractivity contribution in [2.45, 2.75) is 0 Å². The van der Waals surface area contributed by atoms with E-state index in [2.05, 4.69) is 39.2 Å². The molecule has 34 heavy (non-hydrogen) atoms. The summed E-state index contributed by atoms with van der Waals surface area (Å²) in [5.74, 6) is 0.676. The average molecular weight is 472 g/mol. The minimum atomic E-state index is -0.349. The van der Waals surface area contributed by atoms with E-state index >= 15 is 0 Å². The highest BCUT2D eigenvalue weighted by atomic mass is 32.1. The molecule has 1 saturated heterocycles. The lowest BCUT2D eigenvalue weighted by molar-refractivity contribution is 0.625. The number of halogens is 1. The van der Waals surface area contributed by atoms with Gasteiger partial charge in [0, 0.05) is 31.9 Å². The van der Waals surface area contributed by atoms with Gasteiger partial charge in [0.15, 0.2) is 5.65 Å². The molecule has 0 saturated carbocycles. The molecule has 0 spiro atoms. The van der Waals surface area contributed by atoms with Gasteiger partial charge in [0.2, 0.25) is 5.95 Å². The van der Waals surface area contributed by atoms with E-state index in [0.717, 1.165) is 36.8 Å². The molecule has 7 nitrogen and oxygen atoms in total. The molecule has 9 heteroatoms. The molecule has 0 atom stereocenters. The highest BCUT2D eigenvalue weighted by Gasteiger charge is 2.24. The van der Waals surface area contributed by atoms with E-state index in [9.17, 15) is 4.39 Å². The predicted octanol–water partition coefficient (Wildman–Crippen LogP) is 4.59. The number of nitrogen functional groups attached to an aromatic ring is 1. The second kappa shape index (κ2) is 8.42. The molecule has 5 aromatic rings. The number of rotatable bonds is 4. The second-order valence-corrected chi connectivity index (χ2v) is 9.08. The van der Waals surface area contributed by atoms with Crippen LogP contribution < -0.4 is 15.5 Å². The van der Waals surface area contributed by atoms with Crippen LogP contribution in [0.3, 0.4) is 0 Å². The Kier molecular flexibility index (Phi) is 5.10. The number of fused-ring (bicyclic) bond motifs is 1. The fourth-order valence-corrected chi connectivity index (χ4v) is 5.06. The van der Waals surface area contributed by atoms with Crippen LogP contribution in [0.15, 0.2) is 72.1 Å². The minimum Gasteiger partial charge on any atom is -0.383 e. The first-order chi connectivity index (χ1) is 16.7. The van der Waals surface area contributed by atoms with Gasteiger partial charge in [-0.1, -0.05) is 30.3 Å². The van der Waals surface area contributed by atoms with Crippen molar-refractivity contribution in [2.24, 2.45) is 0 Å². The van der Waals surface area contributed by atoms with Crippen LogP contribution in [0.5, 0.6) is 0 Å². The van der Waals surface area contributed by atoms with Gasteiger partial charge in [-0.15, -0.1) is 16.4 Å². The zero-order valence-electron chi connectivity index (χ0n) is 18.3. The van der Waals surface area contributed by atoms with Crippen molar-refractivity contribution in [3.05, 3.63) is 77.9 Å². The highest BCUT2D eigenvalue weighted by molar-refractivity contribution is 7.13. The predicted molar refractivity (Wildman–Crippen MR) is 135 cm³/mol. The number of hydrogen-bond donors (Lipinski definition) is 1. The number of nitrogens with two attached hydrogens (primary N) is 1. The molecule has 2 N–H and O–H groups in total. The van der Waals surface area contributed by atoms with Crippen molar-refractivity contribution in [2.75, 3.05) is 41.7 Å². The average Bonchev–Trinajstić information content (AvgIpc) is 3.53. The largest absolute Gasteiger partial charge is 0.383 e. The van der Waals surface area contributed by atoms with E-state index in [-0.39, 0.29) is 5.82 Å². The maximum Gasteiger partial charge on any atom is 0.228 e. The fourth-order valence-electron chi connectivity index (χ4n) is 4.34. The molecule has 0 aliphatic carbocycles. The second-order valence-electron chi connectivity index (χ2n) is 8.13. The zero-order valence-corrected chi connectivity index (χ0v) is 19.1. The lowest BCUT2D eigenvalue weighted by Crippen LogP contribution is -2.47. The summed E-state index contributed by atoms with van der Waals surface area (Å²) in [6, 6.07) is 20.6. The van der Waals surface area contributed by atoms with Crippen LogP contribution in [0, 0.1) is 5.82 Å². The molecule has 0 radical (unpaired) electrons. The van der Waals surface area contributed by atoms with E-state index in [1.807, 2.05) is 23.6 Å². The van der Waals surface area contributed by atoms with Crippen molar-refractivity contribution in [1.29, 1.82) is 0 Å². The maximum absolute atomic E-state index is 13.9. The molecule has 0 bridgehead atoms. The van der Waals surface area contributed by atoms with Crippen LogP contribution in [-0.4, -0.2) is 45.9 Å². The van der Waals surface area contributed by atoms with Gasteiger partial charge in [0.1, 0.15) is 11.6 Å². The Morgan fingerprint density at radius 3 is 2.32 bits per heavy atom. The number of piperazine rings is 1. The standard InChI is InChI=1S/C25H22FN7S/c26-17-6-4-9-19(16-17)33-23(27)21-22(20-10-5-15-34-20)28-25(29-24(21)30-33)32-13-11-31(12-14-32)18-7-2-1-3-8-18/h1-10,15-16H,11-14,27H2. The quantitative estimate of drug-likeness (QED) is 0.413. The van der Waals surface area contributed by atoms with Gasteiger partial charge in [-0.05, 0) is 41.8 Å². The van der Waals surface area contributed by atoms with Gasteiger partial charge >= 0.3 is 0 Å². The number of para-hydroxylation sites is 1. The smallest absolute Gasteiger partial charge is 0.228 e. The highest BCUT2D eigenvalue weighted by Crippen LogP contribution is 2.35. The van der Waals surface area contributed by atoms with Crippen molar-refractivity contribution < 1.29 is 4.39 Å². The number of aromatic nitrogens is 4. The molecule has 170 valence electrons. The van der Waals surface area contributed by atoms with Gasteiger partial charge in [0.05, 0.1) is 21.6 Å². The van der Waals surface area contributed by atoms with Crippen molar-refractivity contribution in [3.8, 4) is 16.3 Å². The molecule has 0 amide bonds. The molecule has 6 rings (SSSR count). The molecule has 0 unspecified atom stereocenters. The summed E-state index contributed by atoms with van der Waals surface area (Å²) in [6.07, 6.45) is 0. The molecule has 4 heterocycles. The van der Waals surface area contributed by atoms with E-state index in [0.29, 0.717) is 28.5 Å². The number of anilines is 3. The van der Waals surface area contributed by atoms with Crippen LogP contribution in [0.1, 0.15) is 0 Å². The zero-order chi connectivity index (χ0) is 23.1. The van der Waals surface area contributed by atoms with Crippen molar-refractivity contribution >= 4 is 39.8 Å². The van der Waals surface area contributed by atoms with Crippen molar-refractivity contribution in [3.63, 3.8) is 0 Å². The van der Waals surface area contributed by atoms with Gasteiger partial charge in [-0.25, -0.2) is 14.1 Å². The van der Waals surface area contributed by atoms with Crippen molar-refractivity contribution in [1.82, 2.24) is 19.7 Å². The molecule has 2 aromatic carbocycles. The van der Waals surface area contributed by atoms with Crippen LogP contribution in [0.4, 0.5) is 21.8 Å². The molecular formula is C25H22FN7S. The minimum absolute atomic E-state index is 0.349. The van der Waals surface area contributed by atoms with Crippen LogP contribution in [-0.2, 0) is 0 Å². The Bertz CT molecular complexity index is 1440.